The molecule has 24 heavy (non-hydrogen) atoms. The molecule has 2 bridgehead atoms. The molecule has 6 heteroatoms. The van der Waals surface area contributed by atoms with Crippen molar-refractivity contribution in [1.82, 2.24) is 4.90 Å². The van der Waals surface area contributed by atoms with Gasteiger partial charge in [0.1, 0.15) is 18.2 Å². The van der Waals surface area contributed by atoms with Gasteiger partial charge in [-0.15, -0.1) is 0 Å². The molecule has 2 aliphatic heterocycles. The highest BCUT2D eigenvalue weighted by Crippen LogP contribution is 2.48. The number of hydrogen-bond donors (Lipinski definition) is 0. The number of rotatable bonds is 6. The second-order valence-electron chi connectivity index (χ2n) is 7.93. The summed E-state index contributed by atoms with van der Waals surface area (Å²) in [5.41, 5.74) is -1.16. The molecule has 0 saturated carbocycles. The van der Waals surface area contributed by atoms with Gasteiger partial charge in [0.05, 0.1) is 11.6 Å². The number of piperidine rings is 1. The van der Waals surface area contributed by atoms with E-state index in [0.717, 1.165) is 19.3 Å². The molecule has 2 saturated heterocycles. The van der Waals surface area contributed by atoms with Gasteiger partial charge in [-0.05, 0) is 33.6 Å². The van der Waals surface area contributed by atoms with Crippen LogP contribution in [0.25, 0.3) is 0 Å². The van der Waals surface area contributed by atoms with Crippen LogP contribution in [0.1, 0.15) is 66.2 Å². The largest absolute Gasteiger partial charge is 0.444 e. The van der Waals surface area contributed by atoms with Crippen LogP contribution in [0.5, 0.6) is 0 Å². The van der Waals surface area contributed by atoms with Gasteiger partial charge in [-0.25, -0.2) is 4.79 Å². The molecule has 0 radical (unpaired) electrons. The zero-order valence-corrected chi connectivity index (χ0v) is 15.6. The summed E-state index contributed by atoms with van der Waals surface area (Å²) >= 11 is 0. The van der Waals surface area contributed by atoms with Gasteiger partial charge in [0.25, 0.3) is 0 Å². The second-order valence-corrected chi connectivity index (χ2v) is 7.93. The van der Waals surface area contributed by atoms with Crippen molar-refractivity contribution in [2.45, 2.75) is 89.5 Å². The summed E-state index contributed by atoms with van der Waals surface area (Å²) in [7, 11) is 1.58. The lowest BCUT2D eigenvalue weighted by atomic mass is 9.81. The summed E-state index contributed by atoms with van der Waals surface area (Å²) in [5, 5.41) is 0. The zero-order valence-electron chi connectivity index (χ0n) is 15.6. The van der Waals surface area contributed by atoms with Crippen LogP contribution in [0, 0.1) is 0 Å². The molecule has 6 nitrogen and oxygen atoms in total. The van der Waals surface area contributed by atoms with E-state index in [9.17, 15) is 9.59 Å². The fraction of sp³-hybridized carbons (Fsp3) is 0.889. The zero-order chi connectivity index (χ0) is 18.0. The minimum absolute atomic E-state index is 0.139. The first-order valence-electron chi connectivity index (χ1n) is 8.88. The number of methoxy groups -OCH3 is 1. The number of fused-ring (bicyclic) bond motifs is 2. The number of hydrogen-bond acceptors (Lipinski definition) is 5. The molecule has 0 aromatic rings. The van der Waals surface area contributed by atoms with Crippen molar-refractivity contribution in [1.29, 1.82) is 0 Å². The van der Waals surface area contributed by atoms with E-state index in [-0.39, 0.29) is 30.8 Å². The number of carbonyl (C=O) groups is 2. The summed E-state index contributed by atoms with van der Waals surface area (Å²) in [5.74, 6) is 0.208. The minimum Gasteiger partial charge on any atom is -0.444 e. The molecule has 0 aromatic carbocycles. The highest BCUT2D eigenvalue weighted by Gasteiger charge is 2.60. The van der Waals surface area contributed by atoms with E-state index in [4.69, 9.17) is 14.2 Å². The number of Topliss-reactive ketones (excluding diaryl/α,β-unsaturated/α-hetero) is 1. The first kappa shape index (κ1) is 19.2. The summed E-state index contributed by atoms with van der Waals surface area (Å²) in [6.07, 6.45) is 3.56. The van der Waals surface area contributed by atoms with Gasteiger partial charge in [0.15, 0.2) is 0 Å². The van der Waals surface area contributed by atoms with Crippen molar-refractivity contribution in [2.24, 2.45) is 0 Å². The van der Waals surface area contributed by atoms with Crippen LogP contribution in [0.3, 0.4) is 0 Å². The Hall–Kier alpha value is -1.14. The number of carbonyl (C=O) groups excluding carboxylic acids is 2. The van der Waals surface area contributed by atoms with Crippen LogP contribution in [0.4, 0.5) is 4.79 Å². The molecule has 0 aromatic heterocycles. The Labute approximate surface area is 144 Å². The van der Waals surface area contributed by atoms with Crippen molar-refractivity contribution < 1.29 is 23.8 Å². The van der Waals surface area contributed by atoms with Gasteiger partial charge in [0, 0.05) is 26.0 Å². The molecule has 0 aliphatic carbocycles. The molecular formula is C18H31NO5. The molecule has 1 amide bonds. The van der Waals surface area contributed by atoms with Crippen LogP contribution < -0.4 is 0 Å². The van der Waals surface area contributed by atoms with Gasteiger partial charge < -0.3 is 14.2 Å². The number of ketones is 1. The third-order valence-corrected chi connectivity index (χ3v) is 4.84. The third-order valence-electron chi connectivity index (χ3n) is 4.84. The fourth-order valence-electron chi connectivity index (χ4n) is 4.01. The van der Waals surface area contributed by atoms with Crippen LogP contribution in [0.15, 0.2) is 0 Å². The Balaban J connectivity index is 2.32. The van der Waals surface area contributed by atoms with Crippen LogP contribution >= 0.6 is 0 Å². The molecule has 3 unspecified atom stereocenters. The summed E-state index contributed by atoms with van der Waals surface area (Å²) in [6.45, 7) is 7.86. The maximum absolute atomic E-state index is 12.9. The summed E-state index contributed by atoms with van der Waals surface area (Å²) in [6, 6.07) is -0.139. The van der Waals surface area contributed by atoms with Gasteiger partial charge in [-0.2, -0.15) is 0 Å². The van der Waals surface area contributed by atoms with Gasteiger partial charge in [-0.3, -0.25) is 9.69 Å². The van der Waals surface area contributed by atoms with E-state index in [1.807, 2.05) is 25.7 Å². The van der Waals surface area contributed by atoms with Crippen LogP contribution in [-0.2, 0) is 19.0 Å². The monoisotopic (exact) mass is 341 g/mol. The Morgan fingerprint density at radius 2 is 2.08 bits per heavy atom. The Kier molecular flexibility index (Phi) is 5.91. The number of nitrogens with zero attached hydrogens (tertiary/aromatic N) is 1. The standard InChI is InChI=1S/C18H31NO5/c1-6-7-8-18-11-14(20)9-13(10-15(18)23-12-22-5)19(18)16(21)24-17(2,3)4/h13,15H,6-12H2,1-5H3. The fourth-order valence-corrected chi connectivity index (χ4v) is 4.01. The molecule has 2 heterocycles. The Morgan fingerprint density at radius 3 is 2.67 bits per heavy atom. The van der Waals surface area contributed by atoms with Crippen LogP contribution in [0.2, 0.25) is 0 Å². The molecule has 3 atom stereocenters. The van der Waals surface area contributed by atoms with E-state index in [1.54, 1.807) is 7.11 Å². The maximum atomic E-state index is 12.9. The van der Waals surface area contributed by atoms with Crippen molar-refractivity contribution in [2.75, 3.05) is 13.9 Å². The molecule has 138 valence electrons. The van der Waals surface area contributed by atoms with Crippen molar-refractivity contribution >= 4 is 11.9 Å². The normalized spacial score (nSPS) is 29.9. The maximum Gasteiger partial charge on any atom is 0.411 e. The molecule has 2 aliphatic rings. The van der Waals surface area contributed by atoms with E-state index < -0.39 is 11.1 Å². The van der Waals surface area contributed by atoms with E-state index in [2.05, 4.69) is 6.92 Å². The number of unbranched alkanes of at least 4 members (excludes halogenated alkanes) is 1. The highest BCUT2D eigenvalue weighted by molar-refractivity contribution is 5.85. The summed E-state index contributed by atoms with van der Waals surface area (Å²) < 4.78 is 16.6. The first-order chi connectivity index (χ1) is 11.2. The minimum atomic E-state index is -0.600. The average Bonchev–Trinajstić information content (AvgIpc) is 2.66. The quantitative estimate of drug-likeness (QED) is 0.694. The smallest absolute Gasteiger partial charge is 0.411 e. The SMILES string of the molecule is CCCCC12CC(=O)CC(CC1OCOC)N2C(=O)OC(C)(C)C. The van der Waals surface area contributed by atoms with Gasteiger partial charge in [-0.1, -0.05) is 19.8 Å². The molecule has 2 rings (SSSR count). The molecular weight excluding hydrogens is 310 g/mol. The predicted molar refractivity (Wildman–Crippen MR) is 89.7 cm³/mol. The number of ether oxygens (including phenoxy) is 3. The van der Waals surface area contributed by atoms with Crippen molar-refractivity contribution in [3.8, 4) is 0 Å². The van der Waals surface area contributed by atoms with Gasteiger partial charge >= 0.3 is 6.09 Å². The first-order valence-corrected chi connectivity index (χ1v) is 8.88. The summed E-state index contributed by atoms with van der Waals surface area (Å²) in [4.78, 5) is 27.0. The van der Waals surface area contributed by atoms with E-state index >= 15 is 0 Å². The lowest BCUT2D eigenvalue weighted by molar-refractivity contribution is -0.136. The Morgan fingerprint density at radius 1 is 1.38 bits per heavy atom. The average molecular weight is 341 g/mol. The highest BCUT2D eigenvalue weighted by atomic mass is 16.7. The Bertz CT molecular complexity index is 473. The predicted octanol–water partition coefficient (Wildman–Crippen LogP) is 3.28. The van der Waals surface area contributed by atoms with Gasteiger partial charge in [0.2, 0.25) is 0 Å². The van der Waals surface area contributed by atoms with E-state index in [0.29, 0.717) is 19.3 Å². The lowest BCUT2D eigenvalue weighted by Crippen LogP contribution is -2.60. The second kappa shape index (κ2) is 7.40. The molecule has 0 spiro atoms. The van der Waals surface area contributed by atoms with Crippen molar-refractivity contribution in [3.05, 3.63) is 0 Å². The number of amides is 1. The lowest BCUT2D eigenvalue weighted by Gasteiger charge is -2.46. The van der Waals surface area contributed by atoms with Crippen LogP contribution in [-0.4, -0.2) is 54.0 Å². The van der Waals surface area contributed by atoms with Crippen molar-refractivity contribution in [3.63, 3.8) is 0 Å². The molecule has 0 N–H and O–H groups in total. The topological polar surface area (TPSA) is 65.1 Å². The van der Waals surface area contributed by atoms with E-state index in [1.165, 1.54) is 0 Å². The third kappa shape index (κ3) is 3.91. The molecule has 2 fully saturated rings.